The normalized spacial score (nSPS) is 12.6. The first kappa shape index (κ1) is 12.7. The fraction of sp³-hybridized carbons (Fsp3) is 0.200. The molecule has 1 unspecified atom stereocenters. The van der Waals surface area contributed by atoms with Gasteiger partial charge in [0.25, 0.3) is 0 Å². The lowest BCUT2D eigenvalue weighted by atomic mass is 10.1. The van der Waals surface area contributed by atoms with E-state index in [1.807, 2.05) is 0 Å². The summed E-state index contributed by atoms with van der Waals surface area (Å²) in [4.78, 5) is 11.5. The average molecular weight is 273 g/mol. The van der Waals surface area contributed by atoms with E-state index in [9.17, 15) is 18.7 Å². The molecule has 2 aromatic rings. The number of hydrogen-bond acceptors (Lipinski definition) is 3. The smallest absolute Gasteiger partial charge is 0.343 e. The van der Waals surface area contributed by atoms with Gasteiger partial charge in [0.15, 0.2) is 4.77 Å². The van der Waals surface area contributed by atoms with E-state index in [-0.39, 0.29) is 10.3 Å². The Kier molecular flexibility index (Phi) is 3.39. The van der Waals surface area contributed by atoms with Gasteiger partial charge in [-0.2, -0.15) is 0 Å². The highest BCUT2D eigenvalue weighted by Gasteiger charge is 2.18. The number of rotatable bonds is 3. The summed E-state index contributed by atoms with van der Waals surface area (Å²) in [7, 11) is 0. The molecule has 0 aliphatic carbocycles. The lowest BCUT2D eigenvalue weighted by molar-refractivity contribution is 0.245. The van der Waals surface area contributed by atoms with Crippen LogP contribution in [0.15, 0.2) is 23.0 Å². The quantitative estimate of drug-likeness (QED) is 0.733. The minimum absolute atomic E-state index is 0.0312. The van der Waals surface area contributed by atoms with Crippen molar-refractivity contribution in [1.82, 2.24) is 14.8 Å². The van der Waals surface area contributed by atoms with Crippen molar-refractivity contribution in [3.8, 4) is 0 Å². The number of nitrogens with zero attached hydrogens (tertiary/aromatic N) is 1. The molecular formula is C10H9F2N3O2S. The number of halogens is 2. The first-order valence-electron chi connectivity index (χ1n) is 4.99. The Morgan fingerprint density at radius 1 is 1.28 bits per heavy atom. The number of aromatic nitrogens is 3. The highest BCUT2D eigenvalue weighted by molar-refractivity contribution is 7.71. The van der Waals surface area contributed by atoms with E-state index in [0.717, 1.165) is 16.7 Å². The van der Waals surface area contributed by atoms with Crippen molar-refractivity contribution >= 4 is 12.2 Å². The number of aliphatic hydroxyl groups excluding tert-OH is 1. The molecule has 0 saturated carbocycles. The first-order chi connectivity index (χ1) is 8.52. The monoisotopic (exact) mass is 273 g/mol. The van der Waals surface area contributed by atoms with Gasteiger partial charge in [0, 0.05) is 6.07 Å². The summed E-state index contributed by atoms with van der Waals surface area (Å²) < 4.78 is 27.3. The van der Waals surface area contributed by atoms with Crippen molar-refractivity contribution in [1.29, 1.82) is 0 Å². The molecule has 0 fully saturated rings. The predicted molar refractivity (Wildman–Crippen MR) is 61.8 cm³/mol. The molecule has 96 valence electrons. The Morgan fingerprint density at radius 3 is 2.33 bits per heavy atom. The zero-order chi connectivity index (χ0) is 13.3. The molecule has 2 rings (SSSR count). The molecule has 1 aromatic heterocycles. The molecule has 8 heteroatoms. The van der Waals surface area contributed by atoms with Gasteiger partial charge in [-0.3, -0.25) is 9.67 Å². The highest BCUT2D eigenvalue weighted by atomic mass is 32.1. The molecule has 0 radical (unpaired) electrons. The summed E-state index contributed by atoms with van der Waals surface area (Å²) in [6.07, 6.45) is 0. The van der Waals surface area contributed by atoms with Crippen molar-refractivity contribution in [2.24, 2.45) is 0 Å². The molecule has 0 bridgehead atoms. The van der Waals surface area contributed by atoms with Gasteiger partial charge in [-0.1, -0.05) is 0 Å². The molecule has 0 saturated heterocycles. The molecule has 0 aliphatic heterocycles. The van der Waals surface area contributed by atoms with Crippen LogP contribution in [0.25, 0.3) is 0 Å². The molecule has 0 aliphatic rings. The maximum atomic E-state index is 13.1. The fourth-order valence-corrected chi connectivity index (χ4v) is 1.97. The molecule has 0 spiro atoms. The standard InChI is InChI=1S/C10H9F2N3O2S/c11-6-1-5(2-7(12)3-6)8(4-16)15-9(17)13-14-10(15)18/h1-3,8,16H,4H2,(H,13,17)(H,14,18). The van der Waals surface area contributed by atoms with Gasteiger partial charge in [-0.25, -0.2) is 18.7 Å². The van der Waals surface area contributed by atoms with Crippen molar-refractivity contribution in [2.75, 3.05) is 6.61 Å². The summed E-state index contributed by atoms with van der Waals surface area (Å²) in [5.74, 6) is -1.58. The SMILES string of the molecule is O=c1[nH][nH]c(=S)n1C(CO)c1cc(F)cc(F)c1. The third-order valence-electron chi connectivity index (χ3n) is 2.47. The number of benzene rings is 1. The minimum atomic E-state index is -0.947. The van der Waals surface area contributed by atoms with Gasteiger partial charge in [-0.15, -0.1) is 0 Å². The number of H-pyrrole nitrogens is 2. The fourth-order valence-electron chi connectivity index (χ4n) is 1.71. The second kappa shape index (κ2) is 4.83. The zero-order valence-electron chi connectivity index (χ0n) is 8.98. The molecule has 1 atom stereocenters. The number of aromatic amines is 2. The molecule has 1 aromatic carbocycles. The first-order valence-corrected chi connectivity index (χ1v) is 5.40. The average Bonchev–Trinajstić information content (AvgIpc) is 2.61. The van der Waals surface area contributed by atoms with Gasteiger partial charge in [-0.05, 0) is 29.9 Å². The van der Waals surface area contributed by atoms with Crippen LogP contribution in [0.2, 0.25) is 0 Å². The lowest BCUT2D eigenvalue weighted by Gasteiger charge is -2.15. The van der Waals surface area contributed by atoms with Gasteiger partial charge < -0.3 is 5.11 Å². The van der Waals surface area contributed by atoms with Crippen LogP contribution >= 0.6 is 12.2 Å². The van der Waals surface area contributed by atoms with Crippen molar-refractivity contribution in [3.63, 3.8) is 0 Å². The van der Waals surface area contributed by atoms with Crippen LogP contribution in [0.1, 0.15) is 11.6 Å². The molecule has 3 N–H and O–H groups in total. The number of hydrogen-bond donors (Lipinski definition) is 3. The summed E-state index contributed by atoms with van der Waals surface area (Å²) in [6, 6.07) is 1.84. The Morgan fingerprint density at radius 2 is 1.89 bits per heavy atom. The minimum Gasteiger partial charge on any atom is -0.394 e. The van der Waals surface area contributed by atoms with E-state index in [0.29, 0.717) is 6.07 Å². The lowest BCUT2D eigenvalue weighted by Crippen LogP contribution is -2.26. The Balaban J connectivity index is 2.59. The highest BCUT2D eigenvalue weighted by Crippen LogP contribution is 2.19. The van der Waals surface area contributed by atoms with E-state index >= 15 is 0 Å². The Bertz CT molecular complexity index is 628. The molecule has 18 heavy (non-hydrogen) atoms. The summed E-state index contributed by atoms with van der Waals surface area (Å²) >= 11 is 4.86. The Labute approximate surface area is 105 Å². The topological polar surface area (TPSA) is 73.8 Å². The van der Waals surface area contributed by atoms with Crippen LogP contribution in [0.4, 0.5) is 8.78 Å². The third kappa shape index (κ3) is 2.24. The predicted octanol–water partition coefficient (Wildman–Crippen LogP) is 1.09. The van der Waals surface area contributed by atoms with E-state index in [2.05, 4.69) is 10.2 Å². The van der Waals surface area contributed by atoms with Gasteiger partial charge >= 0.3 is 5.69 Å². The van der Waals surface area contributed by atoms with E-state index in [4.69, 9.17) is 12.2 Å². The maximum Gasteiger partial charge on any atom is 0.343 e. The maximum absolute atomic E-state index is 13.1. The van der Waals surface area contributed by atoms with Crippen molar-refractivity contribution in [3.05, 3.63) is 50.7 Å². The van der Waals surface area contributed by atoms with Gasteiger partial charge in [0.1, 0.15) is 11.6 Å². The van der Waals surface area contributed by atoms with Crippen LogP contribution in [-0.2, 0) is 0 Å². The molecule has 0 amide bonds. The second-order valence-electron chi connectivity index (χ2n) is 3.63. The van der Waals surface area contributed by atoms with Crippen molar-refractivity contribution < 1.29 is 13.9 Å². The van der Waals surface area contributed by atoms with E-state index in [1.54, 1.807) is 0 Å². The molecule has 1 heterocycles. The summed E-state index contributed by atoms with van der Waals surface area (Å²) in [5.41, 5.74) is -0.472. The zero-order valence-corrected chi connectivity index (χ0v) is 9.80. The van der Waals surface area contributed by atoms with Crippen LogP contribution in [0.3, 0.4) is 0 Å². The van der Waals surface area contributed by atoms with E-state index in [1.165, 1.54) is 0 Å². The van der Waals surface area contributed by atoms with E-state index < -0.39 is 30.0 Å². The molecular weight excluding hydrogens is 264 g/mol. The third-order valence-corrected chi connectivity index (χ3v) is 2.77. The van der Waals surface area contributed by atoms with Crippen LogP contribution < -0.4 is 5.69 Å². The largest absolute Gasteiger partial charge is 0.394 e. The second-order valence-corrected chi connectivity index (χ2v) is 4.02. The Hall–Kier alpha value is -1.80. The number of nitrogens with one attached hydrogen (secondary N) is 2. The van der Waals surface area contributed by atoms with Gasteiger partial charge in [0.2, 0.25) is 0 Å². The summed E-state index contributed by atoms with van der Waals surface area (Å²) in [5, 5.41) is 13.9. The van der Waals surface area contributed by atoms with Crippen LogP contribution in [-0.4, -0.2) is 26.5 Å². The van der Waals surface area contributed by atoms with Crippen molar-refractivity contribution in [2.45, 2.75) is 6.04 Å². The number of aliphatic hydroxyl groups is 1. The van der Waals surface area contributed by atoms with Crippen LogP contribution in [0.5, 0.6) is 0 Å². The van der Waals surface area contributed by atoms with Gasteiger partial charge in [0.05, 0.1) is 12.6 Å². The van der Waals surface area contributed by atoms with Crippen LogP contribution in [0, 0.1) is 16.4 Å². The molecule has 5 nitrogen and oxygen atoms in total. The summed E-state index contributed by atoms with van der Waals surface area (Å²) in [6.45, 7) is -0.516.